The van der Waals surface area contributed by atoms with E-state index in [-0.39, 0.29) is 34.7 Å². The largest absolute Gasteiger partial charge is 0.458 e. The van der Waals surface area contributed by atoms with E-state index in [1.165, 1.54) is 7.11 Å². The molecule has 60 heavy (non-hydrogen) atoms. The van der Waals surface area contributed by atoms with Crippen molar-refractivity contribution in [2.75, 3.05) is 26.9 Å². The van der Waals surface area contributed by atoms with Crippen LogP contribution in [0, 0.1) is 34.5 Å². The molecule has 4 saturated carbocycles. The van der Waals surface area contributed by atoms with E-state index in [9.17, 15) is 50.8 Å². The minimum Gasteiger partial charge on any atom is -0.458 e. The Morgan fingerprint density at radius 2 is 1.40 bits per heavy atom. The van der Waals surface area contributed by atoms with E-state index < -0.39 is 111 Å². The number of methoxy groups -OCH3 is 1. The molecule has 18 heteroatoms. The highest BCUT2D eigenvalue weighted by Gasteiger charge is 2.68. The number of aliphatic hydroxyl groups excluding tert-OH is 8. The van der Waals surface area contributed by atoms with Crippen LogP contribution >= 0.6 is 0 Å². The van der Waals surface area contributed by atoms with E-state index in [0.717, 1.165) is 63.4 Å². The summed E-state index contributed by atoms with van der Waals surface area (Å²) in [7, 11) is 1.40. The summed E-state index contributed by atoms with van der Waals surface area (Å²) >= 11 is 0. The van der Waals surface area contributed by atoms with E-state index in [2.05, 4.69) is 13.8 Å². The smallest absolute Gasteiger partial charge is 0.331 e. The Morgan fingerprint density at radius 1 is 0.717 bits per heavy atom. The maximum atomic E-state index is 12.6. The molecular formula is C42H66O18. The lowest BCUT2D eigenvalue weighted by Gasteiger charge is -2.64. The summed E-state index contributed by atoms with van der Waals surface area (Å²) in [6, 6.07) is 0. The van der Waals surface area contributed by atoms with Gasteiger partial charge in [0.15, 0.2) is 18.9 Å². The molecule has 0 amide bonds. The van der Waals surface area contributed by atoms with Crippen molar-refractivity contribution in [2.24, 2.45) is 34.5 Å². The number of fused-ring (bicyclic) bond motifs is 5. The number of rotatable bonds is 10. The minimum absolute atomic E-state index is 0.0122. The molecule has 3 saturated heterocycles. The van der Waals surface area contributed by atoms with Gasteiger partial charge in [-0.1, -0.05) is 13.8 Å². The quantitative estimate of drug-likeness (QED) is 0.0918. The molecule has 0 unspecified atom stereocenters. The Bertz CT molecular complexity index is 1570. The number of carbonyl (C=O) groups excluding carboxylic acids is 1. The van der Waals surface area contributed by atoms with Crippen LogP contribution in [0.4, 0.5) is 0 Å². The van der Waals surface area contributed by atoms with Gasteiger partial charge in [-0.15, -0.1) is 0 Å². The molecule has 4 heterocycles. The summed E-state index contributed by atoms with van der Waals surface area (Å²) in [5.41, 5.74) is -0.0732. The van der Waals surface area contributed by atoms with Crippen molar-refractivity contribution >= 4 is 5.97 Å². The Kier molecular flexibility index (Phi) is 12.9. The number of aliphatic hydroxyl groups is 9. The first-order valence-corrected chi connectivity index (χ1v) is 21.8. The Labute approximate surface area is 349 Å². The van der Waals surface area contributed by atoms with Crippen molar-refractivity contribution in [3.05, 3.63) is 11.6 Å². The van der Waals surface area contributed by atoms with Gasteiger partial charge in [-0.25, -0.2) is 4.79 Å². The van der Waals surface area contributed by atoms with Crippen molar-refractivity contribution in [1.29, 1.82) is 0 Å². The van der Waals surface area contributed by atoms with Gasteiger partial charge in [-0.3, -0.25) is 0 Å². The SMILES string of the molecule is CO[C@@H]1[C@@H](O)[C@H](O[C@H]2CC[C@@]3(C)[C@H](CC[C@@H]4[C@@H]3CC[C@]3(C)[C@H](C5=CC(=O)OC5)CC[C@]43O)C2)O[C@H](C)[C@H]1O[C@@H]1O[C@H](COC[C@@H]2O[C@@H](O)[C@H](O)[C@@H](O)[C@@H]2O)[C@@H](O)[C@H](O)[C@H]1O. The molecule has 9 N–H and O–H groups in total. The molecule has 0 bridgehead atoms. The Hall–Kier alpha value is -1.43. The van der Waals surface area contributed by atoms with Crippen molar-refractivity contribution in [1.82, 2.24) is 0 Å². The molecule has 4 aliphatic carbocycles. The van der Waals surface area contributed by atoms with Crippen molar-refractivity contribution < 1.29 is 88.6 Å². The second-order valence-corrected chi connectivity index (χ2v) is 19.4. The number of hydrogen-bond donors (Lipinski definition) is 9. The van der Waals surface area contributed by atoms with Crippen LogP contribution in [-0.2, 0) is 42.7 Å². The van der Waals surface area contributed by atoms with E-state index in [0.29, 0.717) is 18.4 Å². The fraction of sp³-hybridized carbons (Fsp3) is 0.929. The van der Waals surface area contributed by atoms with Crippen LogP contribution in [0.15, 0.2) is 11.6 Å². The highest BCUT2D eigenvalue weighted by Crippen LogP contribution is 2.70. The average molecular weight is 859 g/mol. The third-order valence-corrected chi connectivity index (χ3v) is 16.5. The first-order chi connectivity index (χ1) is 28.4. The molecule has 0 spiro atoms. The van der Waals surface area contributed by atoms with E-state index in [1.54, 1.807) is 13.0 Å². The lowest BCUT2D eigenvalue weighted by molar-refractivity contribution is -0.363. The summed E-state index contributed by atoms with van der Waals surface area (Å²) in [4.78, 5) is 12.0. The number of cyclic esters (lactones) is 1. The standard InChI is InChI=1S/C42H66O18/c1-18-35(60-38-33(49)31(47)29(45)26(59-38)17-54-16-25-28(44)30(46)32(48)37(51)58-25)36(53-4)34(50)39(56-18)57-21-7-10-40(2)20(14-21)5-6-24-23(40)8-11-41(3)22(9-12-42(24,41)52)19-13-27(43)55-15-19/h13,18,20-26,28-39,44-52H,5-12,14-17H2,1-4H3/t18-,20-,21+,22+,23+,24-,25+,26-,28-,29-,30+,31+,32-,33-,34-,35-,36-,37-,38+,39+,40+,41-,42+/m1/s1. The predicted molar refractivity (Wildman–Crippen MR) is 203 cm³/mol. The second kappa shape index (κ2) is 17.2. The van der Waals surface area contributed by atoms with Crippen LogP contribution in [0.1, 0.15) is 78.6 Å². The number of ether oxygens (including phenoxy) is 8. The third kappa shape index (κ3) is 7.60. The van der Waals surface area contributed by atoms with Gasteiger partial charge in [-0.05, 0) is 99.4 Å². The molecule has 0 aromatic heterocycles. The minimum atomic E-state index is -1.77. The zero-order chi connectivity index (χ0) is 43.1. The normalized spacial score (nSPS) is 54.4. The van der Waals surface area contributed by atoms with Gasteiger partial charge >= 0.3 is 5.97 Å². The molecule has 23 atom stereocenters. The van der Waals surface area contributed by atoms with Gasteiger partial charge in [0.05, 0.1) is 31.0 Å². The van der Waals surface area contributed by atoms with E-state index >= 15 is 0 Å². The van der Waals surface area contributed by atoms with Crippen molar-refractivity contribution in [2.45, 2.75) is 182 Å². The van der Waals surface area contributed by atoms with Crippen molar-refractivity contribution in [3.8, 4) is 0 Å². The summed E-state index contributed by atoms with van der Waals surface area (Å²) in [5, 5.41) is 96.2. The summed E-state index contributed by atoms with van der Waals surface area (Å²) in [6.07, 6.45) is -11.7. The molecule has 8 aliphatic rings. The fourth-order valence-electron chi connectivity index (χ4n) is 12.9. The first kappa shape index (κ1) is 45.1. The molecule has 342 valence electrons. The maximum absolute atomic E-state index is 12.6. The highest BCUT2D eigenvalue weighted by molar-refractivity contribution is 5.85. The zero-order valence-corrected chi connectivity index (χ0v) is 34.8. The molecular weight excluding hydrogens is 792 g/mol. The molecule has 18 nitrogen and oxygen atoms in total. The average Bonchev–Trinajstić information content (AvgIpc) is 3.77. The van der Waals surface area contributed by atoms with Gasteiger partial charge < -0.3 is 83.9 Å². The highest BCUT2D eigenvalue weighted by atomic mass is 16.7. The second-order valence-electron chi connectivity index (χ2n) is 19.4. The lowest BCUT2D eigenvalue weighted by Crippen LogP contribution is -2.64. The molecule has 0 aromatic rings. The molecule has 4 aliphatic heterocycles. The maximum Gasteiger partial charge on any atom is 0.331 e. The van der Waals surface area contributed by atoms with Gasteiger partial charge in [0, 0.05) is 18.6 Å². The number of carbonyl (C=O) groups is 1. The van der Waals surface area contributed by atoms with Crippen LogP contribution in [0.25, 0.3) is 0 Å². The number of hydrogen-bond acceptors (Lipinski definition) is 18. The lowest BCUT2D eigenvalue weighted by atomic mass is 9.43. The van der Waals surface area contributed by atoms with Crippen LogP contribution in [0.5, 0.6) is 0 Å². The summed E-state index contributed by atoms with van der Waals surface area (Å²) in [6.45, 7) is 5.86. The molecule has 8 rings (SSSR count). The van der Waals surface area contributed by atoms with Gasteiger partial charge in [0.2, 0.25) is 0 Å². The predicted octanol–water partition coefficient (Wildman–Crippen LogP) is -1.24. The van der Waals surface area contributed by atoms with Gasteiger partial charge in [-0.2, -0.15) is 0 Å². The third-order valence-electron chi connectivity index (χ3n) is 16.5. The van der Waals surface area contributed by atoms with Gasteiger partial charge in [0.1, 0.15) is 73.8 Å². The monoisotopic (exact) mass is 858 g/mol. The van der Waals surface area contributed by atoms with Crippen molar-refractivity contribution in [3.63, 3.8) is 0 Å². The van der Waals surface area contributed by atoms with Crippen LogP contribution < -0.4 is 0 Å². The van der Waals surface area contributed by atoms with E-state index in [1.807, 2.05) is 0 Å². The Balaban J connectivity index is 0.862. The molecule has 7 fully saturated rings. The zero-order valence-electron chi connectivity index (χ0n) is 34.8. The summed E-state index contributed by atoms with van der Waals surface area (Å²) < 4.78 is 46.4. The first-order valence-electron chi connectivity index (χ1n) is 21.8. The molecule has 0 aromatic carbocycles. The summed E-state index contributed by atoms with van der Waals surface area (Å²) in [5.74, 6) is 0.740. The molecule has 0 radical (unpaired) electrons. The van der Waals surface area contributed by atoms with E-state index in [4.69, 9.17) is 37.9 Å². The van der Waals surface area contributed by atoms with Crippen LogP contribution in [0.2, 0.25) is 0 Å². The van der Waals surface area contributed by atoms with Gasteiger partial charge in [0.25, 0.3) is 0 Å². The van der Waals surface area contributed by atoms with Crippen LogP contribution in [0.3, 0.4) is 0 Å². The fourth-order valence-corrected chi connectivity index (χ4v) is 12.9. The topological polar surface area (TPSA) is 273 Å². The Morgan fingerprint density at radius 3 is 2.08 bits per heavy atom. The van der Waals surface area contributed by atoms with Crippen LogP contribution in [-0.4, -0.2) is 183 Å². The number of esters is 1.